The minimum absolute atomic E-state index is 0.00741. The molecule has 3 aromatic rings. The summed E-state index contributed by atoms with van der Waals surface area (Å²) in [5, 5.41) is 17.8. The molecule has 0 bridgehead atoms. The smallest absolute Gasteiger partial charge is 0.244 e. The highest BCUT2D eigenvalue weighted by Gasteiger charge is 2.36. The molecule has 0 saturated carbocycles. The van der Waals surface area contributed by atoms with Crippen LogP contribution in [0.3, 0.4) is 0 Å². The molecule has 2 heterocycles. The number of hydrogen-bond donors (Lipinski definition) is 2. The summed E-state index contributed by atoms with van der Waals surface area (Å²) >= 11 is 12.7. The first-order valence-corrected chi connectivity index (χ1v) is 8.93. The third kappa shape index (κ3) is 2.84. The molecule has 1 aliphatic rings. The molecule has 1 aliphatic heterocycles. The Labute approximate surface area is 166 Å². The lowest BCUT2D eigenvalue weighted by Gasteiger charge is -2.25. The van der Waals surface area contributed by atoms with E-state index in [4.69, 9.17) is 33.7 Å². The second-order valence-corrected chi connectivity index (χ2v) is 7.04. The minimum atomic E-state index is -0.542. The summed E-state index contributed by atoms with van der Waals surface area (Å²) < 4.78 is 5.60. The number of nitrogens with one attached hydrogen (secondary N) is 1. The molecule has 27 heavy (non-hydrogen) atoms. The van der Waals surface area contributed by atoms with Crippen molar-refractivity contribution in [3.63, 3.8) is 0 Å². The van der Waals surface area contributed by atoms with E-state index in [0.29, 0.717) is 27.1 Å². The van der Waals surface area contributed by atoms with Crippen LogP contribution in [0, 0.1) is 18.3 Å². The number of benzene rings is 2. The van der Waals surface area contributed by atoms with Gasteiger partial charge in [-0.2, -0.15) is 5.26 Å². The Hall–Kier alpha value is -2.94. The van der Waals surface area contributed by atoms with Crippen LogP contribution in [0.25, 0.3) is 11.3 Å². The fourth-order valence-electron chi connectivity index (χ4n) is 3.24. The number of hydrogen-bond acceptors (Lipinski definition) is 4. The van der Waals surface area contributed by atoms with E-state index in [1.165, 1.54) is 0 Å². The molecule has 1 atom stereocenters. The second kappa shape index (κ2) is 6.66. The van der Waals surface area contributed by atoms with Gasteiger partial charge in [-0.25, -0.2) is 0 Å². The number of aryl methyl sites for hydroxylation is 1. The van der Waals surface area contributed by atoms with Crippen molar-refractivity contribution in [3.8, 4) is 23.2 Å². The van der Waals surface area contributed by atoms with Crippen LogP contribution < -0.4 is 10.5 Å². The van der Waals surface area contributed by atoms with Gasteiger partial charge in [0.1, 0.15) is 11.6 Å². The highest BCUT2D eigenvalue weighted by molar-refractivity contribution is 6.42. The molecule has 0 amide bonds. The molecule has 0 unspecified atom stereocenters. The fourth-order valence-corrected chi connectivity index (χ4v) is 3.66. The van der Waals surface area contributed by atoms with Gasteiger partial charge in [-0.3, -0.25) is 5.10 Å². The van der Waals surface area contributed by atoms with E-state index in [0.717, 1.165) is 16.8 Å². The van der Waals surface area contributed by atoms with Gasteiger partial charge in [0, 0.05) is 5.56 Å². The lowest BCUT2D eigenvalue weighted by atomic mass is 9.83. The van der Waals surface area contributed by atoms with E-state index in [-0.39, 0.29) is 11.5 Å². The number of aromatic amines is 1. The highest BCUT2D eigenvalue weighted by Crippen LogP contribution is 2.48. The number of fused-ring (bicyclic) bond motifs is 1. The van der Waals surface area contributed by atoms with E-state index in [1.54, 1.807) is 12.1 Å². The average Bonchev–Trinajstić information content (AvgIpc) is 3.07. The minimum Gasteiger partial charge on any atom is -0.420 e. The van der Waals surface area contributed by atoms with Crippen molar-refractivity contribution in [1.29, 1.82) is 5.26 Å². The van der Waals surface area contributed by atoms with Crippen LogP contribution in [0.2, 0.25) is 10.0 Å². The standard InChI is InChI=1S/C20H14Cl2N4O/c1-10-5-7-11(8-6-10)18-16-15(12-3-2-4-14(21)17(12)22)13(9-23)19(24)27-20(16)26-25-18/h2-8,15H,24H2,1H3,(H,25,26)/t15-/m1/s1. The van der Waals surface area contributed by atoms with Gasteiger partial charge in [0.05, 0.1) is 27.2 Å². The van der Waals surface area contributed by atoms with Gasteiger partial charge in [-0.15, -0.1) is 5.10 Å². The molecule has 2 aromatic carbocycles. The maximum Gasteiger partial charge on any atom is 0.244 e. The van der Waals surface area contributed by atoms with Gasteiger partial charge >= 0.3 is 0 Å². The summed E-state index contributed by atoms with van der Waals surface area (Å²) in [6.45, 7) is 2.01. The normalized spacial score (nSPS) is 15.9. The van der Waals surface area contributed by atoms with E-state index in [1.807, 2.05) is 37.3 Å². The number of nitriles is 1. The third-order valence-corrected chi connectivity index (χ3v) is 5.41. The molecular weight excluding hydrogens is 383 g/mol. The summed E-state index contributed by atoms with van der Waals surface area (Å²) in [5.74, 6) is -0.212. The quantitative estimate of drug-likeness (QED) is 0.643. The SMILES string of the molecule is Cc1ccc(-c2[nH]nc3c2[C@H](c2cccc(Cl)c2Cl)C(C#N)=C(N)O3)cc1. The third-order valence-electron chi connectivity index (χ3n) is 4.57. The lowest BCUT2D eigenvalue weighted by molar-refractivity contribution is 0.379. The number of halogens is 2. The van der Waals surface area contributed by atoms with Crippen molar-refractivity contribution in [2.24, 2.45) is 5.73 Å². The molecule has 0 aliphatic carbocycles. The van der Waals surface area contributed by atoms with Gasteiger partial charge in [0.2, 0.25) is 11.8 Å². The summed E-state index contributed by atoms with van der Waals surface area (Å²) in [5.41, 5.74) is 10.4. The number of H-pyrrole nitrogens is 1. The summed E-state index contributed by atoms with van der Waals surface area (Å²) in [6.07, 6.45) is 0. The Morgan fingerprint density at radius 3 is 2.63 bits per heavy atom. The van der Waals surface area contributed by atoms with Crippen molar-refractivity contribution >= 4 is 23.2 Å². The van der Waals surface area contributed by atoms with Crippen LogP contribution >= 0.6 is 23.2 Å². The Kier molecular flexibility index (Phi) is 4.31. The van der Waals surface area contributed by atoms with E-state index < -0.39 is 5.92 Å². The van der Waals surface area contributed by atoms with Gasteiger partial charge in [-0.05, 0) is 18.6 Å². The van der Waals surface area contributed by atoms with Crippen LogP contribution in [0.15, 0.2) is 53.9 Å². The van der Waals surface area contributed by atoms with Crippen LogP contribution in [0.4, 0.5) is 0 Å². The number of ether oxygens (including phenoxy) is 1. The summed E-state index contributed by atoms with van der Waals surface area (Å²) in [7, 11) is 0. The Balaban J connectivity index is 1.99. The van der Waals surface area contributed by atoms with Crippen LogP contribution in [0.5, 0.6) is 5.88 Å². The number of aromatic nitrogens is 2. The van der Waals surface area contributed by atoms with E-state index in [9.17, 15) is 5.26 Å². The van der Waals surface area contributed by atoms with Crippen LogP contribution in [-0.2, 0) is 0 Å². The summed E-state index contributed by atoms with van der Waals surface area (Å²) in [6, 6.07) is 15.4. The lowest BCUT2D eigenvalue weighted by Crippen LogP contribution is -2.21. The molecule has 0 spiro atoms. The van der Waals surface area contributed by atoms with Gasteiger partial charge in [0.25, 0.3) is 0 Å². The van der Waals surface area contributed by atoms with Crippen molar-refractivity contribution in [2.75, 3.05) is 0 Å². The molecule has 0 fully saturated rings. The number of rotatable bonds is 2. The van der Waals surface area contributed by atoms with Crippen molar-refractivity contribution < 1.29 is 4.74 Å². The van der Waals surface area contributed by atoms with Crippen LogP contribution in [-0.4, -0.2) is 10.2 Å². The predicted molar refractivity (Wildman–Crippen MR) is 105 cm³/mol. The maximum absolute atomic E-state index is 9.74. The monoisotopic (exact) mass is 396 g/mol. The predicted octanol–water partition coefficient (Wildman–Crippen LogP) is 4.91. The second-order valence-electron chi connectivity index (χ2n) is 6.25. The topological polar surface area (TPSA) is 87.7 Å². The molecule has 7 heteroatoms. The number of nitrogens with zero attached hydrogens (tertiary/aromatic N) is 2. The Bertz CT molecular complexity index is 1110. The molecular formula is C20H14Cl2N4O. The van der Waals surface area contributed by atoms with Crippen molar-refractivity contribution in [2.45, 2.75) is 12.8 Å². The van der Waals surface area contributed by atoms with Crippen molar-refractivity contribution in [1.82, 2.24) is 10.2 Å². The molecule has 5 nitrogen and oxygen atoms in total. The Morgan fingerprint density at radius 2 is 1.93 bits per heavy atom. The zero-order chi connectivity index (χ0) is 19.1. The van der Waals surface area contributed by atoms with Gasteiger partial charge in [-0.1, -0.05) is 65.2 Å². The largest absolute Gasteiger partial charge is 0.420 e. The molecule has 1 aromatic heterocycles. The van der Waals surface area contributed by atoms with Crippen molar-refractivity contribution in [3.05, 3.63) is 80.7 Å². The first-order valence-electron chi connectivity index (χ1n) is 8.18. The number of allylic oxidation sites excluding steroid dienone is 1. The molecule has 3 N–H and O–H groups in total. The zero-order valence-electron chi connectivity index (χ0n) is 14.3. The van der Waals surface area contributed by atoms with Gasteiger partial charge < -0.3 is 10.5 Å². The average molecular weight is 397 g/mol. The van der Waals surface area contributed by atoms with E-state index >= 15 is 0 Å². The zero-order valence-corrected chi connectivity index (χ0v) is 15.8. The van der Waals surface area contributed by atoms with Crippen LogP contribution in [0.1, 0.15) is 22.6 Å². The van der Waals surface area contributed by atoms with Gasteiger partial charge in [0.15, 0.2) is 0 Å². The highest BCUT2D eigenvalue weighted by atomic mass is 35.5. The maximum atomic E-state index is 9.74. The fraction of sp³-hybridized carbons (Fsp3) is 0.100. The first kappa shape index (κ1) is 17.5. The molecule has 0 radical (unpaired) electrons. The summed E-state index contributed by atoms with van der Waals surface area (Å²) in [4.78, 5) is 0. The molecule has 4 rings (SSSR count). The number of nitrogens with two attached hydrogens (primary N) is 1. The molecule has 134 valence electrons. The Morgan fingerprint density at radius 1 is 1.19 bits per heavy atom. The molecule has 0 saturated heterocycles. The first-order chi connectivity index (χ1) is 13.0. The van der Waals surface area contributed by atoms with E-state index in [2.05, 4.69) is 16.3 Å².